The summed E-state index contributed by atoms with van der Waals surface area (Å²) in [5.74, 6) is 0.468. The zero-order valence-electron chi connectivity index (χ0n) is 16.2. The fourth-order valence-electron chi connectivity index (χ4n) is 2.61. The lowest BCUT2D eigenvalue weighted by atomic mass is 10.1. The van der Waals surface area contributed by atoms with Gasteiger partial charge < -0.3 is 0 Å². The fourth-order valence-corrected chi connectivity index (χ4v) is 4.21. The number of nitrogens with one attached hydrogen (secondary N) is 1. The molecular weight excluding hydrogens is 404 g/mol. The molecular formula is C21H20N4O2S2. The van der Waals surface area contributed by atoms with Crippen molar-refractivity contribution >= 4 is 59.4 Å². The number of para-hydroxylation sites is 1. The van der Waals surface area contributed by atoms with Crippen LogP contribution in [0.25, 0.3) is 27.2 Å². The predicted molar refractivity (Wildman–Crippen MR) is 120 cm³/mol. The molecule has 4 aromatic rings. The van der Waals surface area contributed by atoms with E-state index in [4.69, 9.17) is 0 Å². The van der Waals surface area contributed by atoms with Crippen LogP contribution in [0.5, 0.6) is 0 Å². The van der Waals surface area contributed by atoms with Gasteiger partial charge in [0.05, 0.1) is 20.5 Å². The number of hydrogen-bond donors (Lipinski definition) is 1. The number of nitrogens with zero attached hydrogens (tertiary/aromatic N) is 3. The molecule has 0 unspecified atom stereocenters. The molecule has 0 spiro atoms. The number of anilines is 2. The summed E-state index contributed by atoms with van der Waals surface area (Å²) in [6.07, 6.45) is 3.32. The first-order valence-electron chi connectivity index (χ1n) is 9.03. The highest BCUT2D eigenvalue weighted by molar-refractivity contribution is 7.95. The Balaban J connectivity index is 1.58. The van der Waals surface area contributed by atoms with Crippen LogP contribution >= 0.6 is 11.3 Å². The molecule has 0 saturated heterocycles. The van der Waals surface area contributed by atoms with E-state index in [1.54, 1.807) is 44.4 Å². The predicted octanol–water partition coefficient (Wildman–Crippen LogP) is 5.17. The van der Waals surface area contributed by atoms with Gasteiger partial charge in [0.1, 0.15) is 0 Å². The maximum absolute atomic E-state index is 12.2. The first-order valence-corrected chi connectivity index (χ1v) is 11.4. The molecule has 29 heavy (non-hydrogen) atoms. The molecule has 2 aromatic heterocycles. The summed E-state index contributed by atoms with van der Waals surface area (Å²) in [5, 5.41) is 5.98. The Kier molecular flexibility index (Phi) is 4.84. The van der Waals surface area contributed by atoms with E-state index in [-0.39, 0.29) is 0 Å². The normalized spacial score (nSPS) is 12.8. The van der Waals surface area contributed by atoms with Crippen molar-refractivity contribution in [3.05, 3.63) is 59.6 Å². The Bertz CT molecular complexity index is 1300. The van der Waals surface area contributed by atoms with E-state index >= 15 is 0 Å². The lowest BCUT2D eigenvalue weighted by molar-refractivity contribution is 0.570. The maximum atomic E-state index is 12.2. The molecule has 8 heteroatoms. The summed E-state index contributed by atoms with van der Waals surface area (Å²) in [5.41, 5.74) is 2.47. The van der Waals surface area contributed by atoms with Gasteiger partial charge in [-0.3, -0.25) is 5.32 Å². The van der Waals surface area contributed by atoms with Gasteiger partial charge in [-0.15, -0.1) is 0 Å². The van der Waals surface area contributed by atoms with E-state index in [1.807, 2.05) is 42.5 Å². The van der Waals surface area contributed by atoms with Crippen LogP contribution in [0.1, 0.15) is 26.3 Å². The third kappa shape index (κ3) is 4.13. The number of thiazole rings is 1. The molecule has 2 heterocycles. The third-order valence-corrected chi connectivity index (χ3v) is 7.56. The van der Waals surface area contributed by atoms with Gasteiger partial charge in [0, 0.05) is 17.0 Å². The second-order valence-corrected chi connectivity index (χ2v) is 11.2. The van der Waals surface area contributed by atoms with E-state index in [0.29, 0.717) is 5.95 Å². The summed E-state index contributed by atoms with van der Waals surface area (Å²) < 4.78 is 24.8. The molecule has 0 aliphatic carbocycles. The average molecular weight is 425 g/mol. The highest BCUT2D eigenvalue weighted by Crippen LogP contribution is 2.27. The Morgan fingerprint density at radius 1 is 1.03 bits per heavy atom. The second kappa shape index (κ2) is 7.20. The fraction of sp³-hybridized carbons (Fsp3) is 0.190. The molecule has 4 rings (SSSR count). The molecule has 0 fully saturated rings. The van der Waals surface area contributed by atoms with E-state index in [1.165, 1.54) is 5.41 Å². The number of rotatable bonds is 4. The van der Waals surface area contributed by atoms with Gasteiger partial charge in [-0.2, -0.15) is 0 Å². The van der Waals surface area contributed by atoms with Crippen molar-refractivity contribution in [2.24, 2.45) is 0 Å². The smallest absolute Gasteiger partial charge is 0.229 e. The highest BCUT2D eigenvalue weighted by Gasteiger charge is 2.25. The monoisotopic (exact) mass is 424 g/mol. The molecule has 0 aliphatic heterocycles. The summed E-state index contributed by atoms with van der Waals surface area (Å²) in [6, 6.07) is 13.5. The van der Waals surface area contributed by atoms with E-state index in [0.717, 1.165) is 31.8 Å². The van der Waals surface area contributed by atoms with Crippen LogP contribution in [0.3, 0.4) is 0 Å². The second-order valence-electron chi connectivity index (χ2n) is 7.58. The van der Waals surface area contributed by atoms with Crippen LogP contribution in [0.15, 0.2) is 54.1 Å². The molecule has 0 atom stereocenters. The molecule has 0 amide bonds. The van der Waals surface area contributed by atoms with Crippen molar-refractivity contribution in [2.75, 3.05) is 5.32 Å². The lowest BCUT2D eigenvalue weighted by Crippen LogP contribution is -2.25. The van der Waals surface area contributed by atoms with Crippen LogP contribution in [-0.4, -0.2) is 28.1 Å². The molecule has 0 radical (unpaired) electrons. The van der Waals surface area contributed by atoms with Gasteiger partial charge in [-0.05, 0) is 56.7 Å². The van der Waals surface area contributed by atoms with Gasteiger partial charge in [-0.25, -0.2) is 23.4 Å². The minimum absolute atomic E-state index is 0.468. The standard InChI is InChI=1S/C21H20N4O2S2/c1-21(2,3)29(26,27)11-10-14-8-9-16-15(12-14)13-22-19(23-16)25-20-24-17-6-4-5-7-18(17)28-20/h4-13H,1-3H3,(H,22,23,24,25). The first-order chi connectivity index (χ1) is 13.7. The Labute approximate surface area is 173 Å². The van der Waals surface area contributed by atoms with Gasteiger partial charge in [0.25, 0.3) is 0 Å². The minimum Gasteiger partial charge on any atom is -0.300 e. The summed E-state index contributed by atoms with van der Waals surface area (Å²) in [4.78, 5) is 13.4. The Morgan fingerprint density at radius 2 is 1.83 bits per heavy atom. The number of benzene rings is 2. The van der Waals surface area contributed by atoms with Crippen molar-refractivity contribution in [1.29, 1.82) is 0 Å². The molecule has 0 bridgehead atoms. The minimum atomic E-state index is -3.33. The summed E-state index contributed by atoms with van der Waals surface area (Å²) >= 11 is 1.54. The number of fused-ring (bicyclic) bond motifs is 2. The van der Waals surface area contributed by atoms with E-state index in [2.05, 4.69) is 20.3 Å². The molecule has 6 nitrogen and oxygen atoms in total. The molecule has 1 N–H and O–H groups in total. The molecule has 0 saturated carbocycles. The highest BCUT2D eigenvalue weighted by atomic mass is 32.2. The molecule has 0 aliphatic rings. The number of hydrogen-bond acceptors (Lipinski definition) is 7. The molecule has 148 valence electrons. The number of sulfone groups is 1. The van der Waals surface area contributed by atoms with Crippen molar-refractivity contribution in [3.8, 4) is 0 Å². The topological polar surface area (TPSA) is 84.8 Å². The van der Waals surface area contributed by atoms with Crippen LogP contribution in [0, 0.1) is 0 Å². The van der Waals surface area contributed by atoms with Crippen molar-refractivity contribution in [2.45, 2.75) is 25.5 Å². The van der Waals surface area contributed by atoms with Gasteiger partial charge in [0.2, 0.25) is 5.95 Å². The lowest BCUT2D eigenvalue weighted by Gasteiger charge is -2.15. The van der Waals surface area contributed by atoms with Crippen LogP contribution < -0.4 is 5.32 Å². The summed E-state index contributed by atoms with van der Waals surface area (Å²) in [6.45, 7) is 5.04. The zero-order valence-corrected chi connectivity index (χ0v) is 17.9. The molecule has 2 aromatic carbocycles. The Morgan fingerprint density at radius 3 is 2.59 bits per heavy atom. The largest absolute Gasteiger partial charge is 0.300 e. The quantitative estimate of drug-likeness (QED) is 0.487. The van der Waals surface area contributed by atoms with Crippen molar-refractivity contribution in [3.63, 3.8) is 0 Å². The SMILES string of the molecule is CC(C)(C)S(=O)(=O)C=Cc1ccc2nc(Nc3nc4ccccc4s3)ncc2c1. The van der Waals surface area contributed by atoms with Gasteiger partial charge in [0.15, 0.2) is 15.0 Å². The van der Waals surface area contributed by atoms with Crippen LogP contribution in [0.2, 0.25) is 0 Å². The first kappa shape index (κ1) is 19.5. The third-order valence-electron chi connectivity index (χ3n) is 4.41. The maximum Gasteiger partial charge on any atom is 0.229 e. The van der Waals surface area contributed by atoms with Crippen molar-refractivity contribution in [1.82, 2.24) is 15.0 Å². The van der Waals surface area contributed by atoms with Gasteiger partial charge in [-0.1, -0.05) is 29.5 Å². The van der Waals surface area contributed by atoms with Crippen LogP contribution in [0.4, 0.5) is 11.1 Å². The summed E-state index contributed by atoms with van der Waals surface area (Å²) in [7, 11) is -3.33. The average Bonchev–Trinajstić information content (AvgIpc) is 3.07. The zero-order chi connectivity index (χ0) is 20.6. The van der Waals surface area contributed by atoms with E-state index < -0.39 is 14.6 Å². The number of aromatic nitrogens is 3. The van der Waals surface area contributed by atoms with Gasteiger partial charge >= 0.3 is 0 Å². The van der Waals surface area contributed by atoms with E-state index in [9.17, 15) is 8.42 Å². The Hall–Kier alpha value is -2.84. The van der Waals surface area contributed by atoms with Crippen LogP contribution in [-0.2, 0) is 9.84 Å². The van der Waals surface area contributed by atoms with Crippen molar-refractivity contribution < 1.29 is 8.42 Å².